The Bertz CT molecular complexity index is 646. The number of piperidine rings is 1. The average molecular weight is 358 g/mol. The summed E-state index contributed by atoms with van der Waals surface area (Å²) in [7, 11) is 1.68. The molecule has 0 aromatic heterocycles. The van der Waals surface area contributed by atoms with Gasteiger partial charge in [-0.2, -0.15) is 0 Å². The number of ether oxygens (including phenoxy) is 1. The fraction of sp³-hybridized carbons (Fsp3) is 0.650. The molecule has 3 fully saturated rings. The molecule has 3 aliphatic rings. The second kappa shape index (κ2) is 7.55. The third-order valence-corrected chi connectivity index (χ3v) is 6.19. The summed E-state index contributed by atoms with van der Waals surface area (Å²) in [5.41, 5.74) is 7.62. The van der Waals surface area contributed by atoms with Gasteiger partial charge in [0.15, 0.2) is 0 Å². The molecule has 3 atom stereocenters. The molecule has 1 aromatic rings. The Kier molecular flexibility index (Phi) is 5.16. The number of carbonyl (C=O) groups is 1. The van der Waals surface area contributed by atoms with Crippen molar-refractivity contribution in [2.75, 3.05) is 26.7 Å². The molecule has 26 heavy (non-hydrogen) atoms. The Morgan fingerprint density at radius 1 is 1.23 bits per heavy atom. The van der Waals surface area contributed by atoms with Crippen LogP contribution in [0.1, 0.15) is 44.2 Å². The maximum Gasteiger partial charge on any atom is 0.241 e. The van der Waals surface area contributed by atoms with E-state index in [0.717, 1.165) is 30.8 Å². The van der Waals surface area contributed by atoms with Crippen LogP contribution < -0.4 is 15.6 Å². The number of rotatable bonds is 4. The molecule has 1 aromatic carbocycles. The third-order valence-electron chi connectivity index (χ3n) is 6.19. The molecule has 3 unspecified atom stereocenters. The highest BCUT2D eigenvalue weighted by Gasteiger charge is 2.41. The molecule has 4 rings (SSSR count). The van der Waals surface area contributed by atoms with Gasteiger partial charge < -0.3 is 9.64 Å². The van der Waals surface area contributed by atoms with Crippen molar-refractivity contribution in [3.05, 3.63) is 29.8 Å². The van der Waals surface area contributed by atoms with Crippen LogP contribution in [0.5, 0.6) is 5.75 Å². The summed E-state index contributed by atoms with van der Waals surface area (Å²) in [6.45, 7) is 5.27. The smallest absolute Gasteiger partial charge is 0.241 e. The average Bonchev–Trinajstić information content (AvgIpc) is 3.12. The van der Waals surface area contributed by atoms with Gasteiger partial charge in [0.1, 0.15) is 11.8 Å². The van der Waals surface area contributed by atoms with Crippen LogP contribution >= 0.6 is 0 Å². The molecule has 142 valence electrons. The lowest BCUT2D eigenvalue weighted by Gasteiger charge is -2.49. The number of hydrogen-bond donors (Lipinski definition) is 2. The van der Waals surface area contributed by atoms with E-state index in [1.807, 2.05) is 23.1 Å². The third kappa shape index (κ3) is 3.46. The minimum absolute atomic E-state index is 0.137. The number of likely N-dealkylation sites (tertiary alicyclic amines) is 2. The van der Waals surface area contributed by atoms with Crippen LogP contribution in [0.25, 0.3) is 0 Å². The summed E-state index contributed by atoms with van der Waals surface area (Å²) in [5, 5.41) is 0. The van der Waals surface area contributed by atoms with Gasteiger partial charge in [0, 0.05) is 31.2 Å². The highest BCUT2D eigenvalue weighted by atomic mass is 16.5. The first-order valence-electron chi connectivity index (χ1n) is 9.85. The molecule has 6 nitrogen and oxygen atoms in total. The summed E-state index contributed by atoms with van der Waals surface area (Å²) in [6.07, 6.45) is 4.70. The normalized spacial score (nSPS) is 30.2. The fourth-order valence-corrected chi connectivity index (χ4v) is 4.52. The first kappa shape index (κ1) is 17.8. The van der Waals surface area contributed by atoms with Gasteiger partial charge in [0.25, 0.3) is 0 Å². The van der Waals surface area contributed by atoms with Gasteiger partial charge in [-0.3, -0.25) is 9.69 Å². The Balaban J connectivity index is 1.30. The molecule has 1 amide bonds. The summed E-state index contributed by atoms with van der Waals surface area (Å²) < 4.78 is 5.30. The van der Waals surface area contributed by atoms with E-state index < -0.39 is 0 Å². The molecule has 0 saturated carbocycles. The number of nitrogens with one attached hydrogen (secondary N) is 2. The van der Waals surface area contributed by atoms with Gasteiger partial charge >= 0.3 is 0 Å². The van der Waals surface area contributed by atoms with Crippen molar-refractivity contribution in [2.45, 2.75) is 56.8 Å². The summed E-state index contributed by atoms with van der Waals surface area (Å²) in [6, 6.07) is 9.24. The van der Waals surface area contributed by atoms with Crippen molar-refractivity contribution in [1.82, 2.24) is 20.7 Å². The Labute approximate surface area is 155 Å². The largest absolute Gasteiger partial charge is 0.497 e. The van der Waals surface area contributed by atoms with E-state index in [0.29, 0.717) is 12.1 Å². The molecule has 3 saturated heterocycles. The van der Waals surface area contributed by atoms with E-state index >= 15 is 0 Å². The second-order valence-electron chi connectivity index (χ2n) is 7.89. The summed E-state index contributed by atoms with van der Waals surface area (Å²) >= 11 is 0. The molecule has 2 N–H and O–H groups in total. The number of benzene rings is 1. The molecule has 0 spiro atoms. The number of hydrogen-bond acceptors (Lipinski definition) is 5. The molecule has 0 bridgehead atoms. The zero-order valence-electron chi connectivity index (χ0n) is 15.8. The predicted octanol–water partition coefficient (Wildman–Crippen LogP) is 1.69. The zero-order valence-corrected chi connectivity index (χ0v) is 15.8. The van der Waals surface area contributed by atoms with E-state index in [1.165, 1.54) is 25.8 Å². The van der Waals surface area contributed by atoms with Crippen LogP contribution in [-0.4, -0.2) is 60.6 Å². The number of nitrogens with zero attached hydrogens (tertiary/aromatic N) is 2. The lowest BCUT2D eigenvalue weighted by molar-refractivity contribution is -0.141. The minimum Gasteiger partial charge on any atom is -0.497 e. The Morgan fingerprint density at radius 2 is 2.08 bits per heavy atom. The van der Waals surface area contributed by atoms with Crippen LogP contribution in [0.15, 0.2) is 24.3 Å². The minimum atomic E-state index is -0.147. The van der Waals surface area contributed by atoms with Crippen LogP contribution in [-0.2, 0) is 4.79 Å². The van der Waals surface area contributed by atoms with Gasteiger partial charge in [-0.15, -0.1) is 0 Å². The first-order valence-corrected chi connectivity index (χ1v) is 9.85. The molecule has 0 radical (unpaired) electrons. The second-order valence-corrected chi connectivity index (χ2v) is 7.89. The van der Waals surface area contributed by atoms with Crippen molar-refractivity contribution in [3.8, 4) is 5.75 Å². The first-order chi connectivity index (χ1) is 12.7. The molecule has 6 heteroatoms. The highest BCUT2D eigenvalue weighted by molar-refractivity contribution is 5.83. The van der Waals surface area contributed by atoms with E-state index in [9.17, 15) is 4.79 Å². The van der Waals surface area contributed by atoms with E-state index in [2.05, 4.69) is 28.7 Å². The van der Waals surface area contributed by atoms with Crippen molar-refractivity contribution in [2.24, 2.45) is 0 Å². The lowest BCUT2D eigenvalue weighted by Crippen LogP contribution is -2.65. The zero-order chi connectivity index (χ0) is 18.1. The van der Waals surface area contributed by atoms with E-state index in [1.54, 1.807) is 7.11 Å². The Hall–Kier alpha value is -1.63. The summed E-state index contributed by atoms with van der Waals surface area (Å²) in [5.74, 6) is 1.07. The number of amides is 1. The molecular formula is C20H30N4O2. The number of methoxy groups -OCH3 is 1. The van der Waals surface area contributed by atoms with E-state index in [4.69, 9.17) is 4.74 Å². The van der Waals surface area contributed by atoms with Gasteiger partial charge in [0.05, 0.1) is 7.11 Å². The van der Waals surface area contributed by atoms with Crippen LogP contribution in [0, 0.1) is 0 Å². The SMILES string of the molecule is COc1cccc(C2CC(C(=O)N3CC(N4CCCCC4C)C3)NN2)c1. The molecule has 3 heterocycles. The van der Waals surface area contributed by atoms with Crippen molar-refractivity contribution < 1.29 is 9.53 Å². The quantitative estimate of drug-likeness (QED) is 0.858. The van der Waals surface area contributed by atoms with Gasteiger partial charge in [-0.1, -0.05) is 18.6 Å². The van der Waals surface area contributed by atoms with Crippen LogP contribution in [0.2, 0.25) is 0 Å². The maximum absolute atomic E-state index is 12.8. The van der Waals surface area contributed by atoms with Gasteiger partial charge in [-0.05, 0) is 50.4 Å². The van der Waals surface area contributed by atoms with Crippen molar-refractivity contribution in [1.29, 1.82) is 0 Å². The number of carbonyl (C=O) groups excluding carboxylic acids is 1. The molecule has 0 aliphatic carbocycles. The molecule has 3 aliphatic heterocycles. The van der Waals surface area contributed by atoms with Crippen LogP contribution in [0.4, 0.5) is 0 Å². The van der Waals surface area contributed by atoms with Crippen LogP contribution in [0.3, 0.4) is 0 Å². The monoisotopic (exact) mass is 358 g/mol. The maximum atomic E-state index is 12.8. The van der Waals surface area contributed by atoms with Gasteiger partial charge in [0.2, 0.25) is 5.91 Å². The fourth-order valence-electron chi connectivity index (χ4n) is 4.52. The van der Waals surface area contributed by atoms with Gasteiger partial charge in [-0.25, -0.2) is 10.9 Å². The van der Waals surface area contributed by atoms with Crippen molar-refractivity contribution >= 4 is 5.91 Å². The predicted molar refractivity (Wildman–Crippen MR) is 101 cm³/mol. The number of hydrazine groups is 1. The topological polar surface area (TPSA) is 56.8 Å². The van der Waals surface area contributed by atoms with E-state index in [-0.39, 0.29) is 18.0 Å². The van der Waals surface area contributed by atoms with Crippen molar-refractivity contribution in [3.63, 3.8) is 0 Å². The molecular weight excluding hydrogens is 328 g/mol. The lowest BCUT2D eigenvalue weighted by atomic mass is 9.96. The highest BCUT2D eigenvalue weighted by Crippen LogP contribution is 2.28. The Morgan fingerprint density at radius 3 is 2.85 bits per heavy atom. The summed E-state index contributed by atoms with van der Waals surface area (Å²) in [4.78, 5) is 17.4. The standard InChI is InChI=1S/C20H30N4O2/c1-14-6-3-4-9-24(14)16-12-23(13-16)20(25)19-11-18(21-22-19)15-7-5-8-17(10-15)26-2/h5,7-8,10,14,16,18-19,21-22H,3-4,6,9,11-13H2,1-2H3.